The molecule has 1 fully saturated rings. The van der Waals surface area contributed by atoms with Gasteiger partial charge in [0.2, 0.25) is 5.91 Å². The van der Waals surface area contributed by atoms with Gasteiger partial charge in [-0.15, -0.1) is 0 Å². The van der Waals surface area contributed by atoms with Crippen molar-refractivity contribution in [2.45, 2.75) is 65.6 Å². The predicted octanol–water partition coefficient (Wildman–Crippen LogP) is 2.20. The number of amides is 1. The van der Waals surface area contributed by atoms with Crippen LogP contribution in [0.15, 0.2) is 0 Å². The van der Waals surface area contributed by atoms with Crippen molar-refractivity contribution in [2.24, 2.45) is 0 Å². The summed E-state index contributed by atoms with van der Waals surface area (Å²) in [6.07, 6.45) is 3.15. The van der Waals surface area contributed by atoms with Gasteiger partial charge in [0.05, 0.1) is 4.92 Å². The lowest BCUT2D eigenvalue weighted by atomic mass is 9.97. The maximum Gasteiger partial charge on any atom is 0.312 e. The highest BCUT2D eigenvalue weighted by atomic mass is 16.6. The van der Waals surface area contributed by atoms with Gasteiger partial charge < -0.3 is 4.90 Å². The minimum atomic E-state index is -0.440. The molecule has 1 aliphatic heterocycles. The molecule has 2 unspecified atom stereocenters. The van der Waals surface area contributed by atoms with E-state index in [0.717, 1.165) is 19.3 Å². The fourth-order valence-corrected chi connectivity index (χ4v) is 3.23. The number of nitrogens with zero attached hydrogens (tertiary/aromatic N) is 4. The predicted molar refractivity (Wildman–Crippen MR) is 78.0 cm³/mol. The molecule has 2 rings (SSSR count). The van der Waals surface area contributed by atoms with Crippen LogP contribution < -0.4 is 0 Å². The van der Waals surface area contributed by atoms with E-state index >= 15 is 0 Å². The van der Waals surface area contributed by atoms with Crippen molar-refractivity contribution >= 4 is 11.6 Å². The van der Waals surface area contributed by atoms with Crippen LogP contribution in [0.1, 0.15) is 44.5 Å². The van der Waals surface area contributed by atoms with Crippen LogP contribution in [0.4, 0.5) is 5.69 Å². The Morgan fingerprint density at radius 3 is 2.38 bits per heavy atom. The van der Waals surface area contributed by atoms with E-state index in [1.54, 1.807) is 13.8 Å². The van der Waals surface area contributed by atoms with Crippen molar-refractivity contribution in [1.82, 2.24) is 14.7 Å². The first-order valence-electron chi connectivity index (χ1n) is 7.32. The number of hydrogen-bond acceptors (Lipinski definition) is 4. The zero-order valence-electron chi connectivity index (χ0n) is 13.0. The summed E-state index contributed by atoms with van der Waals surface area (Å²) in [5, 5.41) is 15.1. The lowest BCUT2D eigenvalue weighted by Crippen LogP contribution is -2.48. The molecule has 7 nitrogen and oxygen atoms in total. The van der Waals surface area contributed by atoms with E-state index in [-0.39, 0.29) is 30.2 Å². The van der Waals surface area contributed by atoms with Crippen LogP contribution in [0.25, 0.3) is 0 Å². The number of aryl methyl sites for hydroxylation is 1. The first-order chi connectivity index (χ1) is 9.82. The highest BCUT2D eigenvalue weighted by molar-refractivity contribution is 5.77. The summed E-state index contributed by atoms with van der Waals surface area (Å²) in [5.74, 6) is -0.0183. The molecule has 0 saturated carbocycles. The van der Waals surface area contributed by atoms with E-state index < -0.39 is 4.92 Å². The fraction of sp³-hybridized carbons (Fsp3) is 0.714. The van der Waals surface area contributed by atoms with Gasteiger partial charge in [0, 0.05) is 12.1 Å². The van der Waals surface area contributed by atoms with Gasteiger partial charge >= 0.3 is 5.69 Å². The van der Waals surface area contributed by atoms with Gasteiger partial charge in [-0.25, -0.2) is 0 Å². The molecule has 7 heteroatoms. The smallest absolute Gasteiger partial charge is 0.312 e. The van der Waals surface area contributed by atoms with Crippen LogP contribution in [-0.2, 0) is 11.3 Å². The Bertz CT molecular complexity index is 557. The van der Waals surface area contributed by atoms with Gasteiger partial charge in [0.15, 0.2) is 0 Å². The summed E-state index contributed by atoms with van der Waals surface area (Å²) in [6.45, 7) is 7.40. The number of likely N-dealkylation sites (tertiary alicyclic amines) is 1. The fourth-order valence-electron chi connectivity index (χ4n) is 3.23. The highest BCUT2D eigenvalue weighted by Gasteiger charge is 2.30. The average molecular weight is 294 g/mol. The number of aromatic nitrogens is 2. The molecule has 0 aliphatic carbocycles. The topological polar surface area (TPSA) is 81.3 Å². The van der Waals surface area contributed by atoms with Crippen LogP contribution in [0.5, 0.6) is 0 Å². The summed E-state index contributed by atoms with van der Waals surface area (Å²) in [5.41, 5.74) is 0.788. The number of carbonyl (C=O) groups is 1. The molecule has 0 N–H and O–H groups in total. The highest BCUT2D eigenvalue weighted by Crippen LogP contribution is 2.25. The van der Waals surface area contributed by atoms with E-state index in [9.17, 15) is 14.9 Å². The molecule has 0 radical (unpaired) electrons. The minimum absolute atomic E-state index is 0.00235. The van der Waals surface area contributed by atoms with Crippen molar-refractivity contribution < 1.29 is 9.72 Å². The van der Waals surface area contributed by atoms with Crippen LogP contribution >= 0.6 is 0 Å². The zero-order valence-corrected chi connectivity index (χ0v) is 13.0. The number of piperidine rings is 1. The third-order valence-electron chi connectivity index (χ3n) is 4.29. The van der Waals surface area contributed by atoms with Crippen LogP contribution in [0.2, 0.25) is 0 Å². The lowest BCUT2D eigenvalue weighted by Gasteiger charge is -2.39. The van der Waals surface area contributed by atoms with Crippen molar-refractivity contribution in [1.29, 1.82) is 0 Å². The van der Waals surface area contributed by atoms with Gasteiger partial charge in [-0.2, -0.15) is 5.10 Å². The lowest BCUT2D eigenvalue weighted by molar-refractivity contribution is -0.386. The SMILES string of the molecule is Cc1nn(CC(=O)N2C(C)CCCC2C)c(C)c1[N+](=O)[O-]. The minimum Gasteiger partial charge on any atom is -0.336 e. The maximum absolute atomic E-state index is 12.5. The maximum atomic E-state index is 12.5. The number of hydrogen-bond donors (Lipinski definition) is 0. The molecule has 1 saturated heterocycles. The molecule has 1 aromatic rings. The molecule has 1 aromatic heterocycles. The molecule has 0 bridgehead atoms. The van der Waals surface area contributed by atoms with Gasteiger partial charge in [-0.3, -0.25) is 19.6 Å². The molecule has 0 aromatic carbocycles. The normalized spacial score (nSPS) is 22.4. The van der Waals surface area contributed by atoms with Gasteiger partial charge in [0.25, 0.3) is 0 Å². The number of nitro groups is 1. The van der Waals surface area contributed by atoms with E-state index in [1.807, 2.05) is 4.90 Å². The Hall–Kier alpha value is -1.92. The van der Waals surface area contributed by atoms with Crippen molar-refractivity contribution in [3.63, 3.8) is 0 Å². The Balaban J connectivity index is 2.20. The standard InChI is InChI=1S/C14H22N4O3/c1-9-6-5-7-10(2)17(9)13(19)8-16-12(4)14(18(20)21)11(3)15-16/h9-10H,5-8H2,1-4H3. The van der Waals surface area contributed by atoms with Crippen LogP contribution in [0, 0.1) is 24.0 Å². The van der Waals surface area contributed by atoms with Gasteiger partial charge in [0.1, 0.15) is 17.9 Å². The first kappa shape index (κ1) is 15.5. The van der Waals surface area contributed by atoms with Gasteiger partial charge in [-0.1, -0.05) is 0 Å². The Morgan fingerprint density at radius 2 is 1.90 bits per heavy atom. The molecule has 0 spiro atoms. The van der Waals surface area contributed by atoms with E-state index in [0.29, 0.717) is 11.4 Å². The van der Waals surface area contributed by atoms with Crippen molar-refractivity contribution in [3.05, 3.63) is 21.5 Å². The molecule has 21 heavy (non-hydrogen) atoms. The Labute approximate surface area is 124 Å². The van der Waals surface area contributed by atoms with Crippen molar-refractivity contribution in [2.75, 3.05) is 0 Å². The molecule has 2 heterocycles. The first-order valence-corrected chi connectivity index (χ1v) is 7.32. The third-order valence-corrected chi connectivity index (χ3v) is 4.29. The quantitative estimate of drug-likeness (QED) is 0.632. The molecule has 2 atom stereocenters. The Morgan fingerprint density at radius 1 is 1.33 bits per heavy atom. The summed E-state index contributed by atoms with van der Waals surface area (Å²) in [7, 11) is 0. The van der Waals surface area contributed by atoms with Gasteiger partial charge in [-0.05, 0) is 47.0 Å². The molecule has 116 valence electrons. The Kier molecular flexibility index (Phi) is 4.29. The number of rotatable bonds is 3. The summed E-state index contributed by atoms with van der Waals surface area (Å²) < 4.78 is 1.45. The largest absolute Gasteiger partial charge is 0.336 e. The van der Waals surface area contributed by atoms with Crippen LogP contribution in [0.3, 0.4) is 0 Å². The second-order valence-electron chi connectivity index (χ2n) is 5.86. The third kappa shape index (κ3) is 2.91. The molecule has 1 amide bonds. The van der Waals surface area contributed by atoms with E-state index in [4.69, 9.17) is 0 Å². The summed E-state index contributed by atoms with van der Waals surface area (Å²) in [4.78, 5) is 25.0. The average Bonchev–Trinajstić information content (AvgIpc) is 2.63. The second-order valence-corrected chi connectivity index (χ2v) is 5.86. The number of carbonyl (C=O) groups excluding carboxylic acids is 1. The molecular formula is C14H22N4O3. The summed E-state index contributed by atoms with van der Waals surface area (Å²) >= 11 is 0. The monoisotopic (exact) mass is 294 g/mol. The van der Waals surface area contributed by atoms with Crippen molar-refractivity contribution in [3.8, 4) is 0 Å². The molecular weight excluding hydrogens is 272 g/mol. The van der Waals surface area contributed by atoms with E-state index in [2.05, 4.69) is 18.9 Å². The zero-order chi connectivity index (χ0) is 15.7. The summed E-state index contributed by atoms with van der Waals surface area (Å²) in [6, 6.07) is 0.432. The molecule has 1 aliphatic rings. The van der Waals surface area contributed by atoms with Crippen LogP contribution in [-0.4, -0.2) is 37.6 Å². The van der Waals surface area contributed by atoms with E-state index in [1.165, 1.54) is 4.68 Å². The second kappa shape index (κ2) is 5.83.